The van der Waals surface area contributed by atoms with Crippen molar-refractivity contribution in [2.45, 2.75) is 39.0 Å². The largest absolute Gasteiger partial charge is 0.384 e. The molecule has 1 aromatic heterocycles. The van der Waals surface area contributed by atoms with Gasteiger partial charge in [-0.3, -0.25) is 4.98 Å². The molecule has 1 heterocycles. The van der Waals surface area contributed by atoms with Gasteiger partial charge in [0.25, 0.3) is 0 Å². The summed E-state index contributed by atoms with van der Waals surface area (Å²) in [7, 11) is 0. The number of pyridine rings is 1. The fraction of sp³-hybridized carbons (Fsp3) is 0.438. The number of hydrogen-bond acceptors (Lipinski definition) is 2. The average Bonchev–Trinajstić information content (AvgIpc) is 2.64. The number of fused-ring (bicyclic) bond motifs is 2. The topological polar surface area (TPSA) is 24.9 Å². The molecule has 1 aromatic carbocycles. The van der Waals surface area contributed by atoms with E-state index < -0.39 is 0 Å². The molecule has 3 heteroatoms. The second-order valence-corrected chi connectivity index (χ2v) is 5.60. The number of aryl methyl sites for hydroxylation is 1. The van der Waals surface area contributed by atoms with Crippen molar-refractivity contribution in [2.24, 2.45) is 0 Å². The van der Waals surface area contributed by atoms with E-state index >= 15 is 0 Å². The predicted molar refractivity (Wildman–Crippen MR) is 82.2 cm³/mol. The van der Waals surface area contributed by atoms with E-state index in [0.29, 0.717) is 0 Å². The highest BCUT2D eigenvalue weighted by atomic mass is 35.5. The lowest BCUT2D eigenvalue weighted by Crippen LogP contribution is -2.06. The summed E-state index contributed by atoms with van der Waals surface area (Å²) < 4.78 is 0. The summed E-state index contributed by atoms with van der Waals surface area (Å²) in [5.41, 5.74) is 5.00. The van der Waals surface area contributed by atoms with Crippen LogP contribution >= 0.6 is 11.6 Å². The van der Waals surface area contributed by atoms with Crippen molar-refractivity contribution < 1.29 is 0 Å². The lowest BCUT2D eigenvalue weighted by molar-refractivity contribution is 0.709. The fourth-order valence-corrected chi connectivity index (χ4v) is 3.12. The highest BCUT2D eigenvalue weighted by Gasteiger charge is 2.16. The molecule has 0 bridgehead atoms. The lowest BCUT2D eigenvalue weighted by Gasteiger charge is -2.16. The summed E-state index contributed by atoms with van der Waals surface area (Å²) in [4.78, 5) is 4.86. The molecule has 0 radical (unpaired) electrons. The number of nitrogens with zero attached hydrogens (tertiary/aromatic N) is 1. The number of rotatable bonds is 2. The van der Waals surface area contributed by atoms with Crippen LogP contribution in [-0.4, -0.2) is 11.5 Å². The monoisotopic (exact) mass is 274 g/mol. The molecule has 3 rings (SSSR count). The predicted octanol–water partition coefficient (Wildman–Crippen LogP) is 4.59. The molecule has 2 nitrogen and oxygen atoms in total. The van der Waals surface area contributed by atoms with Gasteiger partial charge < -0.3 is 5.32 Å². The summed E-state index contributed by atoms with van der Waals surface area (Å²) in [6.07, 6.45) is 6.06. The molecule has 2 aromatic rings. The third kappa shape index (κ3) is 2.42. The van der Waals surface area contributed by atoms with Crippen LogP contribution in [0.4, 0.5) is 5.69 Å². The van der Waals surface area contributed by atoms with Crippen molar-refractivity contribution in [2.75, 3.05) is 11.9 Å². The summed E-state index contributed by atoms with van der Waals surface area (Å²) in [6.45, 7) is 3.07. The summed E-state index contributed by atoms with van der Waals surface area (Å²) in [6, 6.07) is 5.99. The SMILES string of the molecule is CCNc1c2c(nc3ccc(Cl)cc13)CCCCC2. The van der Waals surface area contributed by atoms with Gasteiger partial charge in [0, 0.05) is 28.3 Å². The Morgan fingerprint density at radius 2 is 2.05 bits per heavy atom. The van der Waals surface area contributed by atoms with Crippen LogP contribution in [0.2, 0.25) is 5.02 Å². The van der Waals surface area contributed by atoms with Gasteiger partial charge in [-0.2, -0.15) is 0 Å². The maximum atomic E-state index is 6.15. The van der Waals surface area contributed by atoms with Crippen molar-refractivity contribution in [1.82, 2.24) is 4.98 Å². The Morgan fingerprint density at radius 3 is 2.89 bits per heavy atom. The van der Waals surface area contributed by atoms with Crippen LogP contribution in [0, 0.1) is 0 Å². The van der Waals surface area contributed by atoms with Gasteiger partial charge in [0.1, 0.15) is 0 Å². The number of benzene rings is 1. The van der Waals surface area contributed by atoms with Crippen LogP contribution < -0.4 is 5.32 Å². The Morgan fingerprint density at radius 1 is 1.21 bits per heavy atom. The van der Waals surface area contributed by atoms with Gasteiger partial charge in [0.05, 0.1) is 5.52 Å². The first kappa shape index (κ1) is 12.7. The first-order valence-corrected chi connectivity index (χ1v) is 7.52. The molecule has 0 saturated heterocycles. The number of halogens is 1. The van der Waals surface area contributed by atoms with Crippen LogP contribution in [0.3, 0.4) is 0 Å². The summed E-state index contributed by atoms with van der Waals surface area (Å²) in [5.74, 6) is 0. The standard InChI is InChI=1S/C16H19ClN2/c1-2-18-16-12-6-4-3-5-7-14(12)19-15-9-8-11(17)10-13(15)16/h8-10H,2-7H2,1H3,(H,18,19). The molecule has 0 unspecified atom stereocenters. The molecule has 0 spiro atoms. The van der Waals surface area contributed by atoms with Gasteiger partial charge in [-0.05, 0) is 56.4 Å². The van der Waals surface area contributed by atoms with Crippen molar-refractivity contribution in [1.29, 1.82) is 0 Å². The van der Waals surface area contributed by atoms with E-state index in [1.54, 1.807) is 0 Å². The van der Waals surface area contributed by atoms with Crippen LogP contribution in [0.25, 0.3) is 10.9 Å². The van der Waals surface area contributed by atoms with Crippen LogP contribution in [0.5, 0.6) is 0 Å². The number of hydrogen-bond donors (Lipinski definition) is 1. The van der Waals surface area contributed by atoms with Crippen LogP contribution in [-0.2, 0) is 12.8 Å². The third-order valence-corrected chi connectivity index (χ3v) is 4.06. The van der Waals surface area contributed by atoms with Crippen LogP contribution in [0.15, 0.2) is 18.2 Å². The van der Waals surface area contributed by atoms with Gasteiger partial charge in [-0.1, -0.05) is 18.0 Å². The molecule has 0 aliphatic heterocycles. The van der Waals surface area contributed by atoms with Gasteiger partial charge >= 0.3 is 0 Å². The smallest absolute Gasteiger partial charge is 0.0727 e. The van der Waals surface area contributed by atoms with E-state index in [1.807, 2.05) is 18.2 Å². The Kier molecular flexibility index (Phi) is 3.61. The van der Waals surface area contributed by atoms with Crippen molar-refractivity contribution >= 4 is 28.2 Å². The second kappa shape index (κ2) is 5.38. The maximum Gasteiger partial charge on any atom is 0.0727 e. The molecule has 1 N–H and O–H groups in total. The Bertz CT molecular complexity index is 607. The maximum absolute atomic E-state index is 6.15. The van der Waals surface area contributed by atoms with Crippen molar-refractivity contribution in [3.05, 3.63) is 34.5 Å². The van der Waals surface area contributed by atoms with E-state index in [4.69, 9.17) is 16.6 Å². The molecule has 0 saturated carbocycles. The second-order valence-electron chi connectivity index (χ2n) is 5.16. The zero-order valence-electron chi connectivity index (χ0n) is 11.3. The molecule has 1 aliphatic carbocycles. The molecule has 0 amide bonds. The van der Waals surface area contributed by atoms with E-state index in [2.05, 4.69) is 12.2 Å². The van der Waals surface area contributed by atoms with Gasteiger partial charge in [0.15, 0.2) is 0 Å². The van der Waals surface area contributed by atoms with Gasteiger partial charge in [-0.25, -0.2) is 0 Å². The highest BCUT2D eigenvalue weighted by Crippen LogP contribution is 2.33. The van der Waals surface area contributed by atoms with E-state index in [1.165, 1.54) is 36.2 Å². The zero-order valence-corrected chi connectivity index (χ0v) is 12.1. The van der Waals surface area contributed by atoms with E-state index in [0.717, 1.165) is 35.3 Å². The van der Waals surface area contributed by atoms with Crippen molar-refractivity contribution in [3.63, 3.8) is 0 Å². The number of aromatic nitrogens is 1. The minimum absolute atomic E-state index is 0.780. The third-order valence-electron chi connectivity index (χ3n) is 3.83. The minimum atomic E-state index is 0.780. The molecule has 100 valence electrons. The van der Waals surface area contributed by atoms with Gasteiger partial charge in [-0.15, -0.1) is 0 Å². The quantitative estimate of drug-likeness (QED) is 0.810. The normalized spacial score (nSPS) is 15.1. The zero-order chi connectivity index (χ0) is 13.2. The molecule has 1 aliphatic rings. The summed E-state index contributed by atoms with van der Waals surface area (Å²) >= 11 is 6.15. The van der Waals surface area contributed by atoms with Crippen LogP contribution in [0.1, 0.15) is 37.4 Å². The Hall–Kier alpha value is -1.28. The van der Waals surface area contributed by atoms with E-state index in [9.17, 15) is 0 Å². The van der Waals surface area contributed by atoms with Gasteiger partial charge in [0.2, 0.25) is 0 Å². The average molecular weight is 275 g/mol. The molecule has 0 fully saturated rings. The number of anilines is 1. The fourth-order valence-electron chi connectivity index (χ4n) is 2.95. The minimum Gasteiger partial charge on any atom is -0.384 e. The molecular formula is C16H19ClN2. The molecule has 0 atom stereocenters. The first-order chi connectivity index (χ1) is 9.29. The number of nitrogens with one attached hydrogen (secondary N) is 1. The first-order valence-electron chi connectivity index (χ1n) is 7.14. The Balaban J connectivity index is 2.27. The van der Waals surface area contributed by atoms with E-state index in [-0.39, 0.29) is 0 Å². The molecular weight excluding hydrogens is 256 g/mol. The lowest BCUT2D eigenvalue weighted by atomic mass is 10.0. The van der Waals surface area contributed by atoms with Crippen molar-refractivity contribution in [3.8, 4) is 0 Å². The highest BCUT2D eigenvalue weighted by molar-refractivity contribution is 6.31. The molecule has 19 heavy (non-hydrogen) atoms. The Labute approximate surface area is 119 Å². The summed E-state index contributed by atoms with van der Waals surface area (Å²) in [5, 5.41) is 5.48.